The second-order valence-corrected chi connectivity index (χ2v) is 6.37. The lowest BCUT2D eigenvalue weighted by Crippen LogP contribution is -2.42. The first kappa shape index (κ1) is 20.8. The Morgan fingerprint density at radius 1 is 0.619 bits per heavy atom. The van der Waals surface area contributed by atoms with E-state index in [9.17, 15) is 15.3 Å². The van der Waals surface area contributed by atoms with Crippen molar-refractivity contribution in [2.45, 2.75) is 39.1 Å². The fraction of sp³-hybridized carbons (Fsp3) is 1.00. The van der Waals surface area contributed by atoms with E-state index < -0.39 is 0 Å². The summed E-state index contributed by atoms with van der Waals surface area (Å²) in [4.78, 5) is 6.42. The standard InChI is InChI=1S/C15H35N3O3/c1-13(19)10-16(4)6-8-18(12-15(3)21)9-7-17(5)11-14(2)20/h13-15,19-21H,6-12H2,1-5H3. The van der Waals surface area contributed by atoms with Gasteiger partial charge in [-0.25, -0.2) is 0 Å². The van der Waals surface area contributed by atoms with Gasteiger partial charge < -0.3 is 25.1 Å². The number of aliphatic hydroxyl groups excluding tert-OH is 3. The van der Waals surface area contributed by atoms with Gasteiger partial charge in [0, 0.05) is 45.8 Å². The van der Waals surface area contributed by atoms with Crippen LogP contribution >= 0.6 is 0 Å². The summed E-state index contributed by atoms with van der Waals surface area (Å²) in [5.74, 6) is 0. The molecule has 0 rings (SSSR count). The minimum absolute atomic E-state index is 0.322. The van der Waals surface area contributed by atoms with Crippen LogP contribution in [-0.2, 0) is 0 Å². The smallest absolute Gasteiger partial charge is 0.0639 e. The van der Waals surface area contributed by atoms with Crippen LogP contribution in [0.1, 0.15) is 20.8 Å². The number of rotatable bonds is 12. The Bertz CT molecular complexity index is 230. The fourth-order valence-electron chi connectivity index (χ4n) is 2.38. The first-order chi connectivity index (χ1) is 9.70. The van der Waals surface area contributed by atoms with E-state index in [1.165, 1.54) is 0 Å². The van der Waals surface area contributed by atoms with Crippen LogP contribution in [0.15, 0.2) is 0 Å². The summed E-state index contributed by atoms with van der Waals surface area (Å²) in [5, 5.41) is 28.3. The van der Waals surface area contributed by atoms with Gasteiger partial charge in [0.15, 0.2) is 0 Å². The zero-order chi connectivity index (χ0) is 16.4. The van der Waals surface area contributed by atoms with Crippen LogP contribution in [0, 0.1) is 0 Å². The highest BCUT2D eigenvalue weighted by atomic mass is 16.3. The third-order valence-corrected chi connectivity index (χ3v) is 3.27. The molecule has 3 N–H and O–H groups in total. The van der Waals surface area contributed by atoms with Gasteiger partial charge in [-0.1, -0.05) is 0 Å². The Morgan fingerprint density at radius 2 is 0.952 bits per heavy atom. The molecule has 0 aromatic carbocycles. The molecule has 0 aromatic rings. The van der Waals surface area contributed by atoms with Gasteiger partial charge in [-0.15, -0.1) is 0 Å². The molecule has 0 aliphatic heterocycles. The van der Waals surface area contributed by atoms with Crippen LogP contribution < -0.4 is 0 Å². The summed E-state index contributed by atoms with van der Waals surface area (Å²) in [5.41, 5.74) is 0. The van der Waals surface area contributed by atoms with Gasteiger partial charge in [0.1, 0.15) is 0 Å². The van der Waals surface area contributed by atoms with Crippen molar-refractivity contribution in [1.82, 2.24) is 14.7 Å². The third kappa shape index (κ3) is 13.2. The molecule has 6 heteroatoms. The Labute approximate surface area is 130 Å². The molecular formula is C15H35N3O3. The maximum Gasteiger partial charge on any atom is 0.0639 e. The van der Waals surface area contributed by atoms with Crippen LogP contribution in [0.2, 0.25) is 0 Å². The Morgan fingerprint density at radius 3 is 1.24 bits per heavy atom. The highest BCUT2D eigenvalue weighted by Crippen LogP contribution is 1.97. The molecule has 3 unspecified atom stereocenters. The highest BCUT2D eigenvalue weighted by molar-refractivity contribution is 4.67. The van der Waals surface area contributed by atoms with Crippen LogP contribution in [-0.4, -0.2) is 108 Å². The zero-order valence-electron chi connectivity index (χ0n) is 14.4. The predicted octanol–water partition coefficient (Wildman–Crippen LogP) is -0.706. The van der Waals surface area contributed by atoms with Gasteiger partial charge in [0.2, 0.25) is 0 Å². The van der Waals surface area contributed by atoms with E-state index in [4.69, 9.17) is 0 Å². The minimum atomic E-state index is -0.353. The molecule has 0 fully saturated rings. The Balaban J connectivity index is 4.13. The molecule has 0 saturated heterocycles. The molecule has 21 heavy (non-hydrogen) atoms. The molecule has 0 aliphatic rings. The lowest BCUT2D eigenvalue weighted by molar-refractivity contribution is 0.0927. The predicted molar refractivity (Wildman–Crippen MR) is 86.5 cm³/mol. The van der Waals surface area contributed by atoms with Gasteiger partial charge in [0.25, 0.3) is 0 Å². The van der Waals surface area contributed by atoms with Crippen molar-refractivity contribution < 1.29 is 15.3 Å². The van der Waals surface area contributed by atoms with Crippen LogP contribution in [0.4, 0.5) is 0 Å². The molecule has 0 aromatic heterocycles. The fourth-order valence-corrected chi connectivity index (χ4v) is 2.38. The van der Waals surface area contributed by atoms with Gasteiger partial charge >= 0.3 is 0 Å². The van der Waals surface area contributed by atoms with Crippen molar-refractivity contribution in [1.29, 1.82) is 0 Å². The topological polar surface area (TPSA) is 70.4 Å². The average molecular weight is 305 g/mol. The molecule has 0 heterocycles. The average Bonchev–Trinajstić information content (AvgIpc) is 2.30. The molecule has 0 radical (unpaired) electrons. The summed E-state index contributed by atoms with van der Waals surface area (Å²) in [6.07, 6.45) is -0.996. The first-order valence-corrected chi connectivity index (χ1v) is 7.84. The van der Waals surface area contributed by atoms with E-state index in [0.29, 0.717) is 19.6 Å². The summed E-state index contributed by atoms with van der Waals surface area (Å²) in [6.45, 7) is 10.8. The first-order valence-electron chi connectivity index (χ1n) is 7.84. The third-order valence-electron chi connectivity index (χ3n) is 3.27. The second kappa shape index (κ2) is 11.3. The SMILES string of the molecule is CC(O)CN(C)CCN(CCN(C)CC(C)O)CC(C)O. The molecular weight excluding hydrogens is 270 g/mol. The largest absolute Gasteiger partial charge is 0.392 e. The number of hydrogen-bond donors (Lipinski definition) is 3. The van der Waals surface area contributed by atoms with E-state index in [1.807, 2.05) is 14.1 Å². The molecule has 0 bridgehead atoms. The van der Waals surface area contributed by atoms with Crippen molar-refractivity contribution in [2.24, 2.45) is 0 Å². The van der Waals surface area contributed by atoms with Crippen molar-refractivity contribution >= 4 is 0 Å². The van der Waals surface area contributed by atoms with Crippen LogP contribution in [0.5, 0.6) is 0 Å². The Kier molecular flexibility index (Phi) is 11.2. The minimum Gasteiger partial charge on any atom is -0.392 e. The van der Waals surface area contributed by atoms with E-state index in [1.54, 1.807) is 20.8 Å². The summed E-state index contributed by atoms with van der Waals surface area (Å²) in [7, 11) is 3.99. The van der Waals surface area contributed by atoms with Crippen molar-refractivity contribution in [3.63, 3.8) is 0 Å². The van der Waals surface area contributed by atoms with E-state index in [2.05, 4.69) is 14.7 Å². The van der Waals surface area contributed by atoms with Crippen molar-refractivity contribution in [2.75, 3.05) is 59.9 Å². The summed E-state index contributed by atoms with van der Waals surface area (Å²) >= 11 is 0. The molecule has 0 aliphatic carbocycles. The van der Waals surface area contributed by atoms with Crippen LogP contribution in [0.3, 0.4) is 0 Å². The molecule has 0 amide bonds. The molecule has 6 nitrogen and oxygen atoms in total. The van der Waals surface area contributed by atoms with Crippen LogP contribution in [0.25, 0.3) is 0 Å². The number of nitrogens with zero attached hydrogens (tertiary/aromatic N) is 3. The maximum atomic E-state index is 9.60. The van der Waals surface area contributed by atoms with Gasteiger partial charge in [-0.3, -0.25) is 4.90 Å². The molecule has 3 atom stereocenters. The number of likely N-dealkylation sites (N-methyl/N-ethyl adjacent to an activating group) is 2. The van der Waals surface area contributed by atoms with Crippen molar-refractivity contribution in [3.8, 4) is 0 Å². The van der Waals surface area contributed by atoms with Gasteiger partial charge in [-0.2, -0.15) is 0 Å². The van der Waals surface area contributed by atoms with Crippen molar-refractivity contribution in [3.05, 3.63) is 0 Å². The van der Waals surface area contributed by atoms with E-state index in [0.717, 1.165) is 26.2 Å². The lowest BCUT2D eigenvalue weighted by atomic mass is 10.3. The lowest BCUT2D eigenvalue weighted by Gasteiger charge is -2.29. The molecule has 0 saturated carbocycles. The van der Waals surface area contributed by atoms with E-state index in [-0.39, 0.29) is 18.3 Å². The monoisotopic (exact) mass is 305 g/mol. The summed E-state index contributed by atoms with van der Waals surface area (Å²) in [6, 6.07) is 0. The number of aliphatic hydroxyl groups is 3. The number of hydrogen-bond acceptors (Lipinski definition) is 6. The second-order valence-electron chi connectivity index (χ2n) is 6.37. The quantitative estimate of drug-likeness (QED) is 0.443. The highest BCUT2D eigenvalue weighted by Gasteiger charge is 2.12. The maximum absolute atomic E-state index is 9.60. The molecule has 128 valence electrons. The normalized spacial score (nSPS) is 16.7. The van der Waals surface area contributed by atoms with E-state index >= 15 is 0 Å². The Hall–Kier alpha value is -0.240. The zero-order valence-corrected chi connectivity index (χ0v) is 14.4. The molecule has 0 spiro atoms. The van der Waals surface area contributed by atoms with Gasteiger partial charge in [0.05, 0.1) is 18.3 Å². The van der Waals surface area contributed by atoms with Gasteiger partial charge in [-0.05, 0) is 34.9 Å². The summed E-state index contributed by atoms with van der Waals surface area (Å²) < 4.78 is 0.